The van der Waals surface area contributed by atoms with Crippen molar-refractivity contribution in [1.82, 2.24) is 0 Å². The van der Waals surface area contributed by atoms with Crippen LogP contribution in [0.15, 0.2) is 41.0 Å². The summed E-state index contributed by atoms with van der Waals surface area (Å²) in [5.41, 5.74) is 6.75. The van der Waals surface area contributed by atoms with E-state index in [0.29, 0.717) is 16.9 Å². The van der Waals surface area contributed by atoms with E-state index in [0.717, 1.165) is 0 Å². The number of nitro groups is 1. The molecular weight excluding hydrogens is 208 g/mol. The zero-order chi connectivity index (χ0) is 11.5. The Morgan fingerprint density at radius 1 is 1.25 bits per heavy atom. The highest BCUT2D eigenvalue weighted by atomic mass is 16.6. The maximum absolute atomic E-state index is 10.9. The fourth-order valence-corrected chi connectivity index (χ4v) is 1.60. The lowest BCUT2D eigenvalue weighted by Crippen LogP contribution is -1.97. The Labute approximate surface area is 91.6 Å². The van der Waals surface area contributed by atoms with E-state index in [9.17, 15) is 10.1 Å². The molecule has 1 aromatic heterocycles. The Bertz CT molecular complexity index is 519. The third kappa shape index (κ3) is 1.68. The molecule has 0 aliphatic heterocycles. The minimum Gasteiger partial charge on any atom is -0.467 e. The molecular formula is C11H10N2O3. The van der Waals surface area contributed by atoms with Crippen LogP contribution in [-0.2, 0) is 6.54 Å². The summed E-state index contributed by atoms with van der Waals surface area (Å²) in [6.07, 6.45) is 1.48. The van der Waals surface area contributed by atoms with Gasteiger partial charge in [-0.3, -0.25) is 10.1 Å². The predicted octanol–water partition coefficient (Wildman–Crippen LogP) is 2.31. The second-order valence-corrected chi connectivity index (χ2v) is 3.24. The maximum atomic E-state index is 10.9. The molecule has 0 saturated carbocycles. The van der Waals surface area contributed by atoms with Gasteiger partial charge in [0.25, 0.3) is 5.69 Å². The molecule has 0 aliphatic carbocycles. The van der Waals surface area contributed by atoms with E-state index in [2.05, 4.69) is 0 Å². The van der Waals surface area contributed by atoms with E-state index < -0.39 is 4.92 Å². The minimum atomic E-state index is -0.414. The van der Waals surface area contributed by atoms with Gasteiger partial charge in [-0.1, -0.05) is 12.1 Å². The Hall–Kier alpha value is -2.14. The maximum Gasteiger partial charge on any atom is 0.277 e. The first-order chi connectivity index (χ1) is 7.74. The number of hydrogen-bond acceptors (Lipinski definition) is 4. The molecule has 2 aromatic rings. The number of benzene rings is 1. The van der Waals surface area contributed by atoms with E-state index in [1.165, 1.54) is 12.3 Å². The molecule has 0 spiro atoms. The molecule has 2 rings (SSSR count). The van der Waals surface area contributed by atoms with Gasteiger partial charge in [0.15, 0.2) is 0 Å². The number of nitrogens with zero attached hydrogens (tertiary/aromatic N) is 1. The fourth-order valence-electron chi connectivity index (χ4n) is 1.60. The van der Waals surface area contributed by atoms with Crippen LogP contribution >= 0.6 is 0 Å². The highest BCUT2D eigenvalue weighted by molar-refractivity contribution is 5.74. The number of para-hydroxylation sites is 1. The lowest BCUT2D eigenvalue weighted by atomic mass is 10.0. The Balaban J connectivity index is 2.60. The molecule has 0 radical (unpaired) electrons. The van der Waals surface area contributed by atoms with Crippen molar-refractivity contribution in [2.75, 3.05) is 0 Å². The Morgan fingerprint density at radius 2 is 2.00 bits per heavy atom. The van der Waals surface area contributed by atoms with Crippen molar-refractivity contribution < 1.29 is 9.34 Å². The van der Waals surface area contributed by atoms with Gasteiger partial charge in [0, 0.05) is 11.6 Å². The topological polar surface area (TPSA) is 82.3 Å². The average Bonchev–Trinajstić information content (AvgIpc) is 2.76. The number of nitrogens with two attached hydrogens (primary N) is 1. The van der Waals surface area contributed by atoms with Crippen LogP contribution in [0.3, 0.4) is 0 Å². The summed E-state index contributed by atoms with van der Waals surface area (Å²) in [7, 11) is 0. The monoisotopic (exact) mass is 218 g/mol. The molecule has 0 atom stereocenters. The van der Waals surface area contributed by atoms with Crippen LogP contribution in [0.2, 0.25) is 0 Å². The van der Waals surface area contributed by atoms with Crippen LogP contribution in [0, 0.1) is 10.1 Å². The summed E-state index contributed by atoms with van der Waals surface area (Å²) in [5.74, 6) is 0.550. The molecule has 2 N–H and O–H groups in total. The fraction of sp³-hybridized carbons (Fsp3) is 0.0909. The summed E-state index contributed by atoms with van der Waals surface area (Å²) in [6.45, 7) is 0.217. The van der Waals surface area contributed by atoms with Gasteiger partial charge in [0.2, 0.25) is 0 Å². The third-order valence-corrected chi connectivity index (χ3v) is 2.32. The van der Waals surface area contributed by atoms with Crippen molar-refractivity contribution >= 4 is 5.69 Å². The predicted molar refractivity (Wildman–Crippen MR) is 58.7 cm³/mol. The quantitative estimate of drug-likeness (QED) is 0.633. The van der Waals surface area contributed by atoms with Crippen molar-refractivity contribution in [2.24, 2.45) is 5.73 Å². The van der Waals surface area contributed by atoms with Gasteiger partial charge < -0.3 is 10.2 Å². The molecule has 0 aliphatic rings. The molecule has 16 heavy (non-hydrogen) atoms. The molecule has 0 bridgehead atoms. The van der Waals surface area contributed by atoms with E-state index in [-0.39, 0.29) is 12.2 Å². The zero-order valence-corrected chi connectivity index (χ0v) is 8.42. The average molecular weight is 218 g/mol. The first-order valence-corrected chi connectivity index (χ1v) is 4.74. The standard InChI is InChI=1S/C11H10N2O3/c12-7-11-9(5-6-16-11)8-3-1-2-4-10(8)13(14)15/h1-6H,7,12H2. The molecule has 0 fully saturated rings. The van der Waals surface area contributed by atoms with E-state index >= 15 is 0 Å². The van der Waals surface area contributed by atoms with Crippen LogP contribution in [0.4, 0.5) is 5.69 Å². The van der Waals surface area contributed by atoms with E-state index in [1.807, 2.05) is 0 Å². The summed E-state index contributed by atoms with van der Waals surface area (Å²) in [5, 5.41) is 10.9. The van der Waals surface area contributed by atoms with Crippen molar-refractivity contribution in [3.63, 3.8) is 0 Å². The molecule has 5 nitrogen and oxygen atoms in total. The second-order valence-electron chi connectivity index (χ2n) is 3.24. The molecule has 82 valence electrons. The SMILES string of the molecule is NCc1occc1-c1ccccc1[N+](=O)[O-]. The van der Waals surface area contributed by atoms with E-state index in [4.69, 9.17) is 10.2 Å². The van der Waals surface area contributed by atoms with Gasteiger partial charge in [0.1, 0.15) is 5.76 Å². The smallest absolute Gasteiger partial charge is 0.277 e. The number of hydrogen-bond donors (Lipinski definition) is 1. The van der Waals surface area contributed by atoms with Gasteiger partial charge >= 0.3 is 0 Å². The molecule has 1 aromatic carbocycles. The van der Waals surface area contributed by atoms with E-state index in [1.54, 1.807) is 24.3 Å². The van der Waals surface area contributed by atoms with Crippen LogP contribution in [0.5, 0.6) is 0 Å². The van der Waals surface area contributed by atoms with Crippen LogP contribution in [0.1, 0.15) is 5.76 Å². The number of furan rings is 1. The number of rotatable bonds is 3. The Kier molecular flexibility index (Phi) is 2.70. The lowest BCUT2D eigenvalue weighted by Gasteiger charge is -2.01. The largest absolute Gasteiger partial charge is 0.467 e. The van der Waals surface area contributed by atoms with Gasteiger partial charge in [-0.15, -0.1) is 0 Å². The summed E-state index contributed by atoms with van der Waals surface area (Å²) < 4.78 is 5.16. The van der Waals surface area contributed by atoms with Crippen molar-refractivity contribution in [3.8, 4) is 11.1 Å². The van der Waals surface area contributed by atoms with Gasteiger partial charge in [-0.2, -0.15) is 0 Å². The van der Waals surface area contributed by atoms with Crippen molar-refractivity contribution in [2.45, 2.75) is 6.54 Å². The minimum absolute atomic E-state index is 0.0543. The van der Waals surface area contributed by atoms with Crippen molar-refractivity contribution in [1.29, 1.82) is 0 Å². The lowest BCUT2D eigenvalue weighted by molar-refractivity contribution is -0.384. The highest BCUT2D eigenvalue weighted by Crippen LogP contribution is 2.32. The molecule has 0 amide bonds. The highest BCUT2D eigenvalue weighted by Gasteiger charge is 2.17. The first kappa shape index (κ1) is 10.4. The third-order valence-electron chi connectivity index (χ3n) is 2.32. The van der Waals surface area contributed by atoms with Crippen molar-refractivity contribution in [3.05, 3.63) is 52.5 Å². The zero-order valence-electron chi connectivity index (χ0n) is 8.42. The summed E-state index contributed by atoms with van der Waals surface area (Å²) >= 11 is 0. The Morgan fingerprint density at radius 3 is 2.69 bits per heavy atom. The second kappa shape index (κ2) is 4.16. The summed E-state index contributed by atoms with van der Waals surface area (Å²) in [6, 6.07) is 8.20. The van der Waals surface area contributed by atoms with Crippen LogP contribution in [0.25, 0.3) is 11.1 Å². The number of nitro benzene ring substituents is 1. The normalized spacial score (nSPS) is 10.3. The van der Waals surface area contributed by atoms with Gasteiger partial charge in [0.05, 0.1) is 23.3 Å². The first-order valence-electron chi connectivity index (χ1n) is 4.74. The molecule has 5 heteroatoms. The van der Waals surface area contributed by atoms with Crippen LogP contribution in [-0.4, -0.2) is 4.92 Å². The summed E-state index contributed by atoms with van der Waals surface area (Å²) in [4.78, 5) is 10.4. The van der Waals surface area contributed by atoms with Crippen LogP contribution < -0.4 is 5.73 Å². The molecule has 1 heterocycles. The van der Waals surface area contributed by atoms with Gasteiger partial charge in [-0.05, 0) is 12.1 Å². The molecule has 0 unspecified atom stereocenters. The molecule has 0 saturated heterocycles. The van der Waals surface area contributed by atoms with Gasteiger partial charge in [-0.25, -0.2) is 0 Å².